The van der Waals surface area contributed by atoms with E-state index < -0.39 is 0 Å². The third-order valence-corrected chi connectivity index (χ3v) is 5.31. The second-order valence-corrected chi connectivity index (χ2v) is 6.97. The number of hydrogen-bond acceptors (Lipinski definition) is 4. The Labute approximate surface area is 147 Å². The number of rotatable bonds is 7. The molecule has 1 saturated carbocycles. The van der Waals surface area contributed by atoms with Crippen molar-refractivity contribution >= 4 is 17.9 Å². The maximum atomic E-state index is 12.4. The quantitative estimate of drug-likeness (QED) is 0.434. The van der Waals surface area contributed by atoms with Crippen LogP contribution < -0.4 is 0 Å². The van der Waals surface area contributed by atoms with E-state index in [0.29, 0.717) is 26.2 Å². The van der Waals surface area contributed by atoms with E-state index in [0.717, 1.165) is 18.4 Å². The average Bonchev–Trinajstić information content (AvgIpc) is 3.37. The van der Waals surface area contributed by atoms with Gasteiger partial charge < -0.3 is 9.47 Å². The molecule has 2 unspecified atom stereocenters. The van der Waals surface area contributed by atoms with Crippen molar-refractivity contribution < 1.29 is 19.1 Å². The Morgan fingerprint density at radius 1 is 1.08 bits per heavy atom. The molecule has 132 valence electrons. The summed E-state index contributed by atoms with van der Waals surface area (Å²) in [4.78, 5) is 26.3. The molecule has 0 spiro atoms. The zero-order valence-corrected chi connectivity index (χ0v) is 14.2. The lowest BCUT2D eigenvalue weighted by Crippen LogP contribution is -2.32. The molecule has 4 rings (SSSR count). The number of benzene rings is 1. The Morgan fingerprint density at radius 3 is 2.44 bits per heavy atom. The number of amides is 2. The number of ether oxygens (including phenoxy) is 2. The Balaban J connectivity index is 1.17. The molecule has 3 fully saturated rings. The first-order valence-corrected chi connectivity index (χ1v) is 9.04. The predicted molar refractivity (Wildman–Crippen MR) is 92.5 cm³/mol. The molecule has 2 saturated heterocycles. The Hall–Kier alpha value is -1.98. The van der Waals surface area contributed by atoms with Crippen LogP contribution >= 0.6 is 0 Å². The molecule has 2 aliphatic heterocycles. The Morgan fingerprint density at radius 2 is 1.76 bits per heavy atom. The predicted octanol–water partition coefficient (Wildman–Crippen LogP) is 2.27. The van der Waals surface area contributed by atoms with Crippen LogP contribution in [0.3, 0.4) is 0 Å². The summed E-state index contributed by atoms with van der Waals surface area (Å²) in [6.45, 7) is 1.53. The van der Waals surface area contributed by atoms with Crippen molar-refractivity contribution in [3.63, 3.8) is 0 Å². The molecule has 0 N–H and O–H groups in total. The van der Waals surface area contributed by atoms with Gasteiger partial charge in [0.1, 0.15) is 0 Å². The van der Waals surface area contributed by atoms with Gasteiger partial charge >= 0.3 is 0 Å². The summed E-state index contributed by atoms with van der Waals surface area (Å²) in [7, 11) is 0. The lowest BCUT2D eigenvalue weighted by Gasteiger charge is -2.16. The summed E-state index contributed by atoms with van der Waals surface area (Å²) in [6.07, 6.45) is 6.55. The van der Waals surface area contributed by atoms with Gasteiger partial charge in [0.05, 0.1) is 30.7 Å². The van der Waals surface area contributed by atoms with Crippen molar-refractivity contribution in [2.24, 2.45) is 11.8 Å². The van der Waals surface area contributed by atoms with Crippen LogP contribution in [0.15, 0.2) is 36.4 Å². The first-order valence-electron chi connectivity index (χ1n) is 9.04. The van der Waals surface area contributed by atoms with E-state index in [9.17, 15) is 9.59 Å². The van der Waals surface area contributed by atoms with Crippen LogP contribution in [0.5, 0.6) is 0 Å². The van der Waals surface area contributed by atoms with Crippen LogP contribution in [-0.2, 0) is 19.1 Å². The van der Waals surface area contributed by atoms with Gasteiger partial charge in [0.2, 0.25) is 11.8 Å². The normalized spacial score (nSPS) is 30.6. The van der Waals surface area contributed by atoms with Crippen molar-refractivity contribution in [3.8, 4) is 0 Å². The minimum Gasteiger partial charge on any atom is -0.377 e. The summed E-state index contributed by atoms with van der Waals surface area (Å²) in [5.41, 5.74) is 1.14. The largest absolute Gasteiger partial charge is 0.377 e. The fourth-order valence-corrected chi connectivity index (χ4v) is 3.92. The third kappa shape index (κ3) is 3.53. The van der Waals surface area contributed by atoms with Crippen molar-refractivity contribution in [2.75, 3.05) is 19.8 Å². The molecule has 2 amide bonds. The van der Waals surface area contributed by atoms with Gasteiger partial charge in [-0.25, -0.2) is 0 Å². The number of carbonyl (C=O) groups excluding carboxylic acids is 2. The highest BCUT2D eigenvalue weighted by atomic mass is 16.6. The smallest absolute Gasteiger partial charge is 0.233 e. The maximum absolute atomic E-state index is 12.4. The van der Waals surface area contributed by atoms with Gasteiger partial charge in [-0.05, 0) is 24.8 Å². The van der Waals surface area contributed by atoms with Gasteiger partial charge in [-0.1, -0.05) is 42.5 Å². The van der Waals surface area contributed by atoms with Gasteiger partial charge in [-0.3, -0.25) is 14.5 Å². The van der Waals surface area contributed by atoms with Gasteiger partial charge in [0.15, 0.2) is 0 Å². The zero-order chi connectivity index (χ0) is 17.2. The molecular formula is C20H23NO4. The van der Waals surface area contributed by atoms with Gasteiger partial charge in [0.25, 0.3) is 0 Å². The maximum Gasteiger partial charge on any atom is 0.233 e. The second kappa shape index (κ2) is 7.10. The van der Waals surface area contributed by atoms with Crippen molar-refractivity contribution in [1.29, 1.82) is 0 Å². The Bertz CT molecular complexity index is 644. The molecule has 2 heterocycles. The van der Waals surface area contributed by atoms with E-state index in [1.165, 1.54) is 4.90 Å². The molecule has 25 heavy (non-hydrogen) atoms. The highest BCUT2D eigenvalue weighted by Gasteiger charge is 2.58. The molecule has 4 atom stereocenters. The number of fused-ring (bicyclic) bond motifs is 2. The third-order valence-electron chi connectivity index (χ3n) is 5.31. The molecule has 5 heteroatoms. The SMILES string of the molecule is O=C1[C@H]2CC3OC3C[C@H]2C(=O)N1CCCOC/C=C/c1ccccc1. The number of epoxide rings is 1. The standard InChI is InChI=1S/C20H23NO4/c22-19-15-12-17-18(25-17)13-16(15)20(23)21(19)9-5-11-24-10-4-8-14-6-2-1-3-7-14/h1-4,6-8,15-18H,5,9-13H2/b8-4+/t15-,16+,17?,18?. The molecule has 3 aliphatic rings. The van der Waals surface area contributed by atoms with Crippen LogP contribution in [0.2, 0.25) is 0 Å². The van der Waals surface area contributed by atoms with E-state index in [4.69, 9.17) is 9.47 Å². The molecule has 0 aromatic heterocycles. The second-order valence-electron chi connectivity index (χ2n) is 6.97. The monoisotopic (exact) mass is 341 g/mol. The summed E-state index contributed by atoms with van der Waals surface area (Å²) in [5.74, 6) is -0.308. The van der Waals surface area contributed by atoms with E-state index >= 15 is 0 Å². The lowest BCUT2D eigenvalue weighted by molar-refractivity contribution is -0.140. The van der Waals surface area contributed by atoms with Crippen LogP contribution in [0.25, 0.3) is 6.08 Å². The fourth-order valence-electron chi connectivity index (χ4n) is 3.92. The average molecular weight is 341 g/mol. The topological polar surface area (TPSA) is 59.1 Å². The number of hydrogen-bond donors (Lipinski definition) is 0. The van der Waals surface area contributed by atoms with E-state index in [1.807, 2.05) is 42.5 Å². The van der Waals surface area contributed by atoms with Gasteiger partial charge in [-0.15, -0.1) is 0 Å². The summed E-state index contributed by atoms with van der Waals surface area (Å²) < 4.78 is 11.0. The molecule has 0 bridgehead atoms. The molecular weight excluding hydrogens is 318 g/mol. The lowest BCUT2D eigenvalue weighted by atomic mass is 9.81. The summed E-state index contributed by atoms with van der Waals surface area (Å²) >= 11 is 0. The Kier molecular flexibility index (Phi) is 4.68. The molecule has 0 radical (unpaired) electrons. The zero-order valence-electron chi connectivity index (χ0n) is 14.2. The van der Waals surface area contributed by atoms with Crippen LogP contribution in [0.1, 0.15) is 24.8 Å². The number of likely N-dealkylation sites (tertiary alicyclic amines) is 1. The van der Waals surface area contributed by atoms with E-state index in [2.05, 4.69) is 0 Å². The number of imide groups is 1. The van der Waals surface area contributed by atoms with E-state index in [1.54, 1.807) is 0 Å². The first kappa shape index (κ1) is 16.5. The van der Waals surface area contributed by atoms with Gasteiger partial charge in [-0.2, -0.15) is 0 Å². The van der Waals surface area contributed by atoms with Crippen molar-refractivity contribution in [2.45, 2.75) is 31.5 Å². The highest BCUT2D eigenvalue weighted by Crippen LogP contribution is 2.46. The minimum atomic E-state index is -0.147. The fraction of sp³-hybridized carbons (Fsp3) is 0.500. The molecule has 1 aromatic rings. The molecule has 1 aromatic carbocycles. The summed E-state index contributed by atoms with van der Waals surface area (Å²) in [6, 6.07) is 10.1. The minimum absolute atomic E-state index is 0.00655. The van der Waals surface area contributed by atoms with Crippen molar-refractivity contribution in [3.05, 3.63) is 42.0 Å². The van der Waals surface area contributed by atoms with Crippen LogP contribution in [0.4, 0.5) is 0 Å². The number of carbonyl (C=O) groups is 2. The highest BCUT2D eigenvalue weighted by molar-refractivity contribution is 6.05. The molecule has 5 nitrogen and oxygen atoms in total. The van der Waals surface area contributed by atoms with E-state index in [-0.39, 0.29) is 35.9 Å². The first-order chi connectivity index (χ1) is 12.2. The van der Waals surface area contributed by atoms with Crippen LogP contribution in [-0.4, -0.2) is 48.7 Å². The number of nitrogens with zero attached hydrogens (tertiary/aromatic N) is 1. The molecule has 1 aliphatic carbocycles. The van der Waals surface area contributed by atoms with Crippen LogP contribution in [0, 0.1) is 11.8 Å². The van der Waals surface area contributed by atoms with Gasteiger partial charge in [0, 0.05) is 13.2 Å². The summed E-state index contributed by atoms with van der Waals surface area (Å²) in [5, 5.41) is 0. The van der Waals surface area contributed by atoms with Crippen molar-refractivity contribution in [1.82, 2.24) is 4.90 Å².